The molecular weight excluding hydrogens is 468 g/mol. The SMILES string of the molecule is Cc1nc(-c2ccccc2)sc1C(=O)C1=C(O)C(=O)N(Cc2cccs2)C1c1cccc(O)c1. The van der Waals surface area contributed by atoms with Gasteiger partial charge in [0, 0.05) is 10.4 Å². The first kappa shape index (κ1) is 22.1. The van der Waals surface area contributed by atoms with Crippen LogP contribution in [0.1, 0.15) is 31.8 Å². The van der Waals surface area contributed by atoms with Crippen molar-refractivity contribution in [1.29, 1.82) is 0 Å². The largest absolute Gasteiger partial charge is 0.508 e. The van der Waals surface area contributed by atoms with E-state index in [4.69, 9.17) is 0 Å². The molecule has 1 amide bonds. The number of amides is 1. The summed E-state index contributed by atoms with van der Waals surface area (Å²) in [6.45, 7) is 1.98. The fourth-order valence-electron chi connectivity index (χ4n) is 4.09. The van der Waals surface area contributed by atoms with Gasteiger partial charge >= 0.3 is 0 Å². The zero-order valence-corrected chi connectivity index (χ0v) is 19.8. The number of hydrogen-bond donors (Lipinski definition) is 2. The number of phenolic OH excluding ortho intramolecular Hbond substituents is 1. The quantitative estimate of drug-likeness (QED) is 0.342. The molecule has 1 aliphatic heterocycles. The topological polar surface area (TPSA) is 90.7 Å². The van der Waals surface area contributed by atoms with Crippen LogP contribution in [-0.4, -0.2) is 31.8 Å². The van der Waals surface area contributed by atoms with Gasteiger partial charge in [-0.2, -0.15) is 0 Å². The lowest BCUT2D eigenvalue weighted by Gasteiger charge is -2.26. The smallest absolute Gasteiger partial charge is 0.290 e. The van der Waals surface area contributed by atoms with Crippen LogP contribution in [0.2, 0.25) is 0 Å². The van der Waals surface area contributed by atoms with E-state index in [0.29, 0.717) is 21.1 Å². The van der Waals surface area contributed by atoms with Crippen molar-refractivity contribution in [1.82, 2.24) is 9.88 Å². The Kier molecular flexibility index (Phi) is 5.77. The van der Waals surface area contributed by atoms with Gasteiger partial charge in [0.05, 0.1) is 28.7 Å². The third-order valence-electron chi connectivity index (χ3n) is 5.66. The first-order valence-electron chi connectivity index (χ1n) is 10.6. The summed E-state index contributed by atoms with van der Waals surface area (Å²) in [6.07, 6.45) is 0. The van der Waals surface area contributed by atoms with Gasteiger partial charge in [0.15, 0.2) is 5.76 Å². The number of hydrogen-bond acceptors (Lipinski definition) is 7. The van der Waals surface area contributed by atoms with E-state index in [2.05, 4.69) is 4.98 Å². The number of aliphatic hydroxyl groups is 1. The van der Waals surface area contributed by atoms with E-state index in [1.807, 2.05) is 47.8 Å². The molecule has 1 unspecified atom stereocenters. The predicted octanol–water partition coefficient (Wildman–Crippen LogP) is 5.66. The highest BCUT2D eigenvalue weighted by atomic mass is 32.1. The molecule has 0 saturated heterocycles. The number of aromatic hydroxyl groups is 1. The van der Waals surface area contributed by atoms with Crippen molar-refractivity contribution in [3.05, 3.63) is 104 Å². The second-order valence-electron chi connectivity index (χ2n) is 7.90. The minimum Gasteiger partial charge on any atom is -0.508 e. The van der Waals surface area contributed by atoms with Gasteiger partial charge in [0.25, 0.3) is 5.91 Å². The van der Waals surface area contributed by atoms with Gasteiger partial charge in [-0.05, 0) is 36.1 Å². The number of Topliss-reactive ketones (excluding diaryl/α,β-unsaturated/α-hetero) is 1. The standard InChI is InChI=1S/C26H20N2O4S2/c1-15-24(34-25(27-15)16-7-3-2-4-8-16)22(30)20-21(17-9-5-10-18(29)13-17)28(26(32)23(20)31)14-19-11-6-12-33-19/h2-13,21,29,31H,14H2,1H3. The molecule has 5 rings (SSSR count). The number of thiazole rings is 1. The van der Waals surface area contributed by atoms with Crippen LogP contribution in [0.15, 0.2) is 83.4 Å². The molecule has 1 aliphatic rings. The molecule has 4 aromatic rings. The van der Waals surface area contributed by atoms with Gasteiger partial charge in [0.1, 0.15) is 10.8 Å². The summed E-state index contributed by atoms with van der Waals surface area (Å²) in [5.41, 5.74) is 1.97. The number of rotatable bonds is 6. The van der Waals surface area contributed by atoms with E-state index in [0.717, 1.165) is 10.4 Å². The predicted molar refractivity (Wildman–Crippen MR) is 132 cm³/mol. The molecule has 0 fully saturated rings. The van der Waals surface area contributed by atoms with Crippen molar-refractivity contribution in [2.24, 2.45) is 0 Å². The second kappa shape index (κ2) is 8.89. The van der Waals surface area contributed by atoms with Crippen LogP contribution in [0.3, 0.4) is 0 Å². The zero-order chi connectivity index (χ0) is 23.8. The molecule has 6 nitrogen and oxygen atoms in total. The van der Waals surface area contributed by atoms with Crippen LogP contribution in [-0.2, 0) is 11.3 Å². The molecule has 0 saturated carbocycles. The molecule has 8 heteroatoms. The molecule has 2 N–H and O–H groups in total. The Hall–Kier alpha value is -3.75. The number of thiophene rings is 1. The van der Waals surface area contributed by atoms with Gasteiger partial charge in [-0.1, -0.05) is 48.5 Å². The minimum absolute atomic E-state index is 0.00137. The Morgan fingerprint density at radius 2 is 1.85 bits per heavy atom. The van der Waals surface area contributed by atoms with Gasteiger partial charge in [-0.3, -0.25) is 9.59 Å². The highest BCUT2D eigenvalue weighted by Gasteiger charge is 2.44. The Morgan fingerprint density at radius 1 is 1.06 bits per heavy atom. The van der Waals surface area contributed by atoms with Crippen LogP contribution in [0.4, 0.5) is 0 Å². The molecule has 170 valence electrons. The van der Waals surface area contributed by atoms with Crippen molar-refractivity contribution in [2.75, 3.05) is 0 Å². The average Bonchev–Trinajstić information content (AvgIpc) is 3.55. The first-order chi connectivity index (χ1) is 16.4. The minimum atomic E-state index is -0.837. The zero-order valence-electron chi connectivity index (χ0n) is 18.1. The molecule has 3 heterocycles. The van der Waals surface area contributed by atoms with Crippen LogP contribution in [0.25, 0.3) is 10.6 Å². The first-order valence-corrected chi connectivity index (χ1v) is 12.3. The summed E-state index contributed by atoms with van der Waals surface area (Å²) in [5.74, 6) is -1.61. The van der Waals surface area contributed by atoms with Gasteiger partial charge in [-0.15, -0.1) is 22.7 Å². The Balaban J connectivity index is 1.59. The number of carbonyl (C=O) groups is 2. The number of aromatic nitrogens is 1. The van der Waals surface area contributed by atoms with E-state index in [1.165, 1.54) is 39.7 Å². The summed E-state index contributed by atoms with van der Waals surface area (Å²) in [5, 5.41) is 23.6. The van der Waals surface area contributed by atoms with Crippen molar-refractivity contribution >= 4 is 34.4 Å². The summed E-state index contributed by atoms with van der Waals surface area (Å²) in [6, 6.07) is 18.9. The summed E-state index contributed by atoms with van der Waals surface area (Å²) < 4.78 is 0. The third-order valence-corrected chi connectivity index (χ3v) is 7.73. The van der Waals surface area contributed by atoms with Crippen molar-refractivity contribution in [3.63, 3.8) is 0 Å². The molecule has 0 bridgehead atoms. The van der Waals surface area contributed by atoms with E-state index < -0.39 is 23.5 Å². The lowest BCUT2D eigenvalue weighted by atomic mass is 9.95. The van der Waals surface area contributed by atoms with Gasteiger partial charge in [-0.25, -0.2) is 4.98 Å². The molecule has 0 aliphatic carbocycles. The summed E-state index contributed by atoms with van der Waals surface area (Å²) >= 11 is 2.72. The Labute approximate surface area is 204 Å². The molecule has 0 spiro atoms. The maximum absolute atomic E-state index is 13.8. The van der Waals surface area contributed by atoms with Crippen molar-refractivity contribution in [3.8, 4) is 16.3 Å². The normalized spacial score (nSPS) is 15.9. The molecule has 0 radical (unpaired) electrons. The average molecular weight is 489 g/mol. The van der Waals surface area contributed by atoms with Crippen LogP contribution >= 0.6 is 22.7 Å². The summed E-state index contributed by atoms with van der Waals surface area (Å²) in [7, 11) is 0. The molecular formula is C26H20N2O4S2. The fraction of sp³-hybridized carbons (Fsp3) is 0.115. The van der Waals surface area contributed by atoms with Crippen molar-refractivity contribution in [2.45, 2.75) is 19.5 Å². The monoisotopic (exact) mass is 488 g/mol. The highest BCUT2D eigenvalue weighted by molar-refractivity contribution is 7.17. The van der Waals surface area contributed by atoms with Gasteiger partial charge in [0.2, 0.25) is 5.78 Å². The number of aliphatic hydroxyl groups excluding tert-OH is 1. The van der Waals surface area contributed by atoms with Crippen LogP contribution in [0, 0.1) is 6.92 Å². The van der Waals surface area contributed by atoms with E-state index in [-0.39, 0.29) is 17.9 Å². The second-order valence-corrected chi connectivity index (χ2v) is 9.93. The number of aryl methyl sites for hydroxylation is 1. The number of carbonyl (C=O) groups excluding carboxylic acids is 2. The number of nitrogens with zero attached hydrogens (tertiary/aromatic N) is 2. The molecule has 34 heavy (non-hydrogen) atoms. The highest BCUT2D eigenvalue weighted by Crippen LogP contribution is 2.42. The van der Waals surface area contributed by atoms with Crippen molar-refractivity contribution < 1.29 is 19.8 Å². The third kappa shape index (κ3) is 3.91. The maximum Gasteiger partial charge on any atom is 0.290 e. The number of benzene rings is 2. The summed E-state index contributed by atoms with van der Waals surface area (Å²) in [4.78, 5) is 34.3. The Morgan fingerprint density at radius 3 is 2.56 bits per heavy atom. The van der Waals surface area contributed by atoms with E-state index in [1.54, 1.807) is 19.1 Å². The molecule has 2 aromatic heterocycles. The van der Waals surface area contributed by atoms with Crippen LogP contribution in [0.5, 0.6) is 5.75 Å². The van der Waals surface area contributed by atoms with Gasteiger partial charge < -0.3 is 15.1 Å². The van der Waals surface area contributed by atoms with E-state index in [9.17, 15) is 19.8 Å². The lowest BCUT2D eigenvalue weighted by Crippen LogP contribution is -2.30. The van der Waals surface area contributed by atoms with E-state index >= 15 is 0 Å². The maximum atomic E-state index is 13.8. The lowest BCUT2D eigenvalue weighted by molar-refractivity contribution is -0.130. The molecule has 1 atom stereocenters. The number of phenols is 1. The fourth-order valence-corrected chi connectivity index (χ4v) is 5.82. The molecule has 2 aromatic carbocycles. The Bertz CT molecular complexity index is 1410. The number of ketones is 1. The van der Waals surface area contributed by atoms with Crippen LogP contribution < -0.4 is 0 Å².